The Hall–Kier alpha value is -2.09. The molecule has 138 valence electrons. The van der Waals surface area contributed by atoms with Gasteiger partial charge in [-0.3, -0.25) is 0 Å². The number of rotatable bonds is 3. The molecule has 2 aliphatic rings. The van der Waals surface area contributed by atoms with Crippen molar-refractivity contribution in [1.29, 1.82) is 0 Å². The fourth-order valence-electron chi connectivity index (χ4n) is 4.18. The highest BCUT2D eigenvalue weighted by molar-refractivity contribution is 5.82. The van der Waals surface area contributed by atoms with Gasteiger partial charge < -0.3 is 4.74 Å². The highest BCUT2D eigenvalue weighted by Gasteiger charge is 2.38. The third kappa shape index (κ3) is 3.56. The molecule has 0 heterocycles. The fraction of sp³-hybridized carbons (Fsp3) is 0.458. The zero-order valence-electron chi connectivity index (χ0n) is 16.7. The van der Waals surface area contributed by atoms with Crippen molar-refractivity contribution < 1.29 is 9.53 Å². The summed E-state index contributed by atoms with van der Waals surface area (Å²) in [5.41, 5.74) is 7.87. The zero-order valence-corrected chi connectivity index (χ0v) is 16.7. The minimum absolute atomic E-state index is 0.243. The Morgan fingerprint density at radius 3 is 2.27 bits per heavy atom. The van der Waals surface area contributed by atoms with Gasteiger partial charge in [0.2, 0.25) is 0 Å². The molecule has 0 fully saturated rings. The highest BCUT2D eigenvalue weighted by atomic mass is 16.5. The van der Waals surface area contributed by atoms with Crippen molar-refractivity contribution in [3.8, 4) is 0 Å². The molecule has 3 rings (SSSR count). The second-order valence-corrected chi connectivity index (χ2v) is 8.78. The Balaban J connectivity index is 1.92. The Morgan fingerprint density at radius 1 is 0.962 bits per heavy atom. The average Bonchev–Trinajstić information content (AvgIpc) is 3.00. The molecule has 0 spiro atoms. The number of methoxy groups -OCH3 is 1. The number of fused-ring (bicyclic) bond motifs is 2. The van der Waals surface area contributed by atoms with Crippen LogP contribution in [0.1, 0.15) is 69.2 Å². The van der Waals surface area contributed by atoms with E-state index in [0.29, 0.717) is 0 Å². The zero-order chi connectivity index (χ0) is 18.9. The van der Waals surface area contributed by atoms with Crippen LogP contribution < -0.4 is 0 Å². The average molecular weight is 351 g/mol. The molecule has 1 aromatic carbocycles. The van der Waals surface area contributed by atoms with Gasteiger partial charge in [0.25, 0.3) is 0 Å². The van der Waals surface area contributed by atoms with Crippen LogP contribution in [0.5, 0.6) is 0 Å². The molecule has 0 atom stereocenters. The molecule has 0 aromatic heterocycles. The van der Waals surface area contributed by atoms with Crippen LogP contribution in [0.25, 0.3) is 5.57 Å². The minimum atomic E-state index is -0.329. The fourth-order valence-corrected chi connectivity index (χ4v) is 4.18. The van der Waals surface area contributed by atoms with E-state index < -0.39 is 0 Å². The van der Waals surface area contributed by atoms with Crippen LogP contribution in [0.4, 0.5) is 0 Å². The van der Waals surface area contributed by atoms with Crippen LogP contribution in [-0.2, 0) is 26.8 Å². The van der Waals surface area contributed by atoms with Gasteiger partial charge in [-0.05, 0) is 64.3 Å². The molecule has 0 bridgehead atoms. The number of aryl methyl sites for hydroxylation is 1. The second-order valence-electron chi connectivity index (χ2n) is 8.78. The monoisotopic (exact) mass is 350 g/mol. The van der Waals surface area contributed by atoms with E-state index in [1.165, 1.54) is 48.3 Å². The van der Waals surface area contributed by atoms with Crippen molar-refractivity contribution in [3.63, 3.8) is 0 Å². The van der Waals surface area contributed by atoms with Crippen LogP contribution in [0.3, 0.4) is 0 Å². The minimum Gasteiger partial charge on any atom is -0.466 e. The molecule has 0 saturated heterocycles. The summed E-state index contributed by atoms with van der Waals surface area (Å²) in [5.74, 6) is -0.329. The summed E-state index contributed by atoms with van der Waals surface area (Å²) in [7, 11) is 1.39. The SMILES string of the molecule is COC(=O)C=CC=CC=C1CCc2cc3c(cc21)C(C)(C)CCC3(C)C. The van der Waals surface area contributed by atoms with Crippen molar-refractivity contribution in [2.75, 3.05) is 7.11 Å². The molecule has 0 radical (unpaired) electrons. The lowest BCUT2D eigenvalue weighted by Gasteiger charge is -2.42. The Morgan fingerprint density at radius 2 is 1.62 bits per heavy atom. The maximum atomic E-state index is 11.1. The van der Waals surface area contributed by atoms with Gasteiger partial charge in [0.05, 0.1) is 7.11 Å². The van der Waals surface area contributed by atoms with Crippen LogP contribution in [0, 0.1) is 0 Å². The topological polar surface area (TPSA) is 26.3 Å². The molecule has 2 nitrogen and oxygen atoms in total. The third-order valence-corrected chi connectivity index (χ3v) is 6.04. The van der Waals surface area contributed by atoms with Crippen molar-refractivity contribution in [3.05, 3.63) is 64.8 Å². The molecule has 1 aromatic rings. The first-order valence-electron chi connectivity index (χ1n) is 9.55. The predicted octanol–water partition coefficient (Wildman–Crippen LogP) is 5.65. The molecular weight excluding hydrogens is 320 g/mol. The molecule has 26 heavy (non-hydrogen) atoms. The van der Waals surface area contributed by atoms with Crippen LogP contribution >= 0.6 is 0 Å². The number of esters is 1. The molecule has 0 amide bonds. The van der Waals surface area contributed by atoms with E-state index in [0.717, 1.165) is 12.8 Å². The lowest BCUT2D eigenvalue weighted by molar-refractivity contribution is -0.134. The summed E-state index contributed by atoms with van der Waals surface area (Å²) >= 11 is 0. The van der Waals surface area contributed by atoms with Gasteiger partial charge in [0.1, 0.15) is 0 Å². The summed E-state index contributed by atoms with van der Waals surface area (Å²) in [6.07, 6.45) is 13.9. The number of hydrogen-bond acceptors (Lipinski definition) is 2. The smallest absolute Gasteiger partial charge is 0.330 e. The molecule has 0 N–H and O–H groups in total. The Labute approximate surface area is 157 Å². The molecular formula is C24H30O2. The summed E-state index contributed by atoms with van der Waals surface area (Å²) < 4.78 is 4.59. The molecule has 0 unspecified atom stereocenters. The van der Waals surface area contributed by atoms with Crippen molar-refractivity contribution in [2.45, 2.75) is 64.2 Å². The molecule has 0 saturated carbocycles. The van der Waals surface area contributed by atoms with E-state index in [-0.39, 0.29) is 16.8 Å². The number of ether oxygens (including phenoxy) is 1. The Kier molecular flexibility index (Phi) is 4.96. The summed E-state index contributed by atoms with van der Waals surface area (Å²) in [6.45, 7) is 9.53. The van der Waals surface area contributed by atoms with Gasteiger partial charge >= 0.3 is 5.97 Å². The standard InChI is InChI=1S/C24H30O2/c1-23(2)13-14-24(3,4)21-16-19-17(11-12-18(19)15-20(21)23)9-7-6-8-10-22(25)26-5/h6-10,15-16H,11-14H2,1-5H3. The first kappa shape index (κ1) is 18.7. The number of carbonyl (C=O) groups is 1. The normalized spacial score (nSPS) is 22.0. The van der Waals surface area contributed by atoms with E-state index in [1.807, 2.05) is 12.2 Å². The van der Waals surface area contributed by atoms with Gasteiger partial charge in [-0.2, -0.15) is 0 Å². The molecule has 0 aliphatic heterocycles. The van der Waals surface area contributed by atoms with E-state index >= 15 is 0 Å². The number of allylic oxidation sites excluding steroid dienone is 5. The summed E-state index contributed by atoms with van der Waals surface area (Å²) in [4.78, 5) is 11.1. The maximum Gasteiger partial charge on any atom is 0.330 e. The molecule has 2 aliphatic carbocycles. The number of hydrogen-bond donors (Lipinski definition) is 0. The van der Waals surface area contributed by atoms with Gasteiger partial charge in [0, 0.05) is 6.08 Å². The van der Waals surface area contributed by atoms with Gasteiger partial charge in [-0.1, -0.05) is 64.1 Å². The first-order valence-corrected chi connectivity index (χ1v) is 9.55. The van der Waals surface area contributed by atoms with Crippen LogP contribution in [-0.4, -0.2) is 13.1 Å². The quantitative estimate of drug-likeness (QED) is 0.400. The summed E-state index contributed by atoms with van der Waals surface area (Å²) in [5, 5.41) is 0. The van der Waals surface area contributed by atoms with Crippen LogP contribution in [0.2, 0.25) is 0 Å². The van der Waals surface area contributed by atoms with E-state index in [9.17, 15) is 4.79 Å². The maximum absolute atomic E-state index is 11.1. The lowest BCUT2D eigenvalue weighted by Crippen LogP contribution is -2.34. The van der Waals surface area contributed by atoms with E-state index in [1.54, 1.807) is 11.6 Å². The van der Waals surface area contributed by atoms with E-state index in [2.05, 4.69) is 50.6 Å². The van der Waals surface area contributed by atoms with Crippen LogP contribution in [0.15, 0.2) is 42.5 Å². The van der Waals surface area contributed by atoms with Gasteiger partial charge in [-0.15, -0.1) is 0 Å². The predicted molar refractivity (Wildman–Crippen MR) is 108 cm³/mol. The van der Waals surface area contributed by atoms with Gasteiger partial charge in [0.15, 0.2) is 0 Å². The lowest BCUT2D eigenvalue weighted by atomic mass is 9.62. The van der Waals surface area contributed by atoms with Crippen molar-refractivity contribution >= 4 is 11.5 Å². The summed E-state index contributed by atoms with van der Waals surface area (Å²) in [6, 6.07) is 4.94. The van der Waals surface area contributed by atoms with Crippen molar-refractivity contribution in [2.24, 2.45) is 0 Å². The van der Waals surface area contributed by atoms with E-state index in [4.69, 9.17) is 0 Å². The second kappa shape index (κ2) is 6.90. The Bertz CT molecular complexity index is 804. The first-order chi connectivity index (χ1) is 12.2. The molecule has 2 heteroatoms. The highest BCUT2D eigenvalue weighted by Crippen LogP contribution is 2.48. The third-order valence-electron chi connectivity index (χ3n) is 6.04. The number of carbonyl (C=O) groups excluding carboxylic acids is 1. The van der Waals surface area contributed by atoms with Gasteiger partial charge in [-0.25, -0.2) is 4.79 Å². The number of benzene rings is 1. The largest absolute Gasteiger partial charge is 0.466 e. The van der Waals surface area contributed by atoms with Crippen molar-refractivity contribution in [1.82, 2.24) is 0 Å².